The third-order valence-electron chi connectivity index (χ3n) is 4.74. The molecule has 2 aromatic carbocycles. The number of hydrogen-bond acceptors (Lipinski definition) is 4. The van der Waals surface area contributed by atoms with Crippen LogP contribution in [0.1, 0.15) is 11.6 Å². The van der Waals surface area contributed by atoms with E-state index in [-0.39, 0.29) is 11.9 Å². The van der Waals surface area contributed by atoms with Gasteiger partial charge in [0.2, 0.25) is 5.91 Å². The Hall–Kier alpha value is -2.37. The number of carbonyl (C=O) groups is 1. The number of piperazine rings is 1. The fraction of sp³-hybridized carbons (Fsp3) is 0.238. The van der Waals surface area contributed by atoms with Crippen LogP contribution in [0.15, 0.2) is 71.9 Å². The minimum atomic E-state index is 0.0800. The zero-order valence-corrected chi connectivity index (χ0v) is 15.3. The summed E-state index contributed by atoms with van der Waals surface area (Å²) >= 11 is 1.61. The molecule has 0 spiro atoms. The second-order valence-electron chi connectivity index (χ2n) is 6.39. The molecule has 1 amide bonds. The van der Waals surface area contributed by atoms with E-state index in [4.69, 9.17) is 0 Å². The van der Waals surface area contributed by atoms with Gasteiger partial charge in [-0.25, -0.2) is 0 Å². The van der Waals surface area contributed by atoms with E-state index >= 15 is 0 Å². The van der Waals surface area contributed by atoms with Crippen LogP contribution in [0.25, 0.3) is 10.8 Å². The first-order valence-electron chi connectivity index (χ1n) is 8.83. The summed E-state index contributed by atoms with van der Waals surface area (Å²) in [5.41, 5.74) is 1.14. The van der Waals surface area contributed by atoms with Crippen LogP contribution in [0.2, 0.25) is 0 Å². The Morgan fingerprint density at radius 2 is 1.92 bits per heavy atom. The predicted octanol–water partition coefficient (Wildman–Crippen LogP) is 3.50. The molecule has 0 radical (unpaired) electrons. The van der Waals surface area contributed by atoms with Gasteiger partial charge >= 0.3 is 0 Å². The number of amides is 1. The molecule has 1 N–H and O–H groups in total. The van der Waals surface area contributed by atoms with Crippen molar-refractivity contribution in [3.05, 3.63) is 72.6 Å². The quantitative estimate of drug-likeness (QED) is 0.721. The van der Waals surface area contributed by atoms with Crippen molar-refractivity contribution in [2.75, 3.05) is 25.4 Å². The van der Waals surface area contributed by atoms with Crippen LogP contribution in [0.5, 0.6) is 0 Å². The van der Waals surface area contributed by atoms with E-state index in [2.05, 4.69) is 40.6 Å². The van der Waals surface area contributed by atoms with Crippen LogP contribution in [-0.4, -0.2) is 41.2 Å². The number of fused-ring (bicyclic) bond motifs is 1. The summed E-state index contributed by atoms with van der Waals surface area (Å²) in [7, 11) is 0. The summed E-state index contributed by atoms with van der Waals surface area (Å²) in [5, 5.41) is 5.83. The maximum absolute atomic E-state index is 12.9. The highest BCUT2D eigenvalue weighted by molar-refractivity contribution is 8.00. The van der Waals surface area contributed by atoms with Gasteiger partial charge < -0.3 is 10.2 Å². The summed E-state index contributed by atoms with van der Waals surface area (Å²) in [6.45, 7) is 2.37. The minimum absolute atomic E-state index is 0.0800. The molecule has 1 aliphatic rings. The van der Waals surface area contributed by atoms with Gasteiger partial charge in [-0.3, -0.25) is 9.78 Å². The molecule has 1 unspecified atom stereocenters. The van der Waals surface area contributed by atoms with Crippen LogP contribution in [-0.2, 0) is 4.79 Å². The molecule has 5 heteroatoms. The number of pyridine rings is 1. The molecule has 132 valence electrons. The Kier molecular flexibility index (Phi) is 5.18. The van der Waals surface area contributed by atoms with Crippen molar-refractivity contribution in [3.8, 4) is 0 Å². The van der Waals surface area contributed by atoms with Crippen molar-refractivity contribution in [1.29, 1.82) is 0 Å². The SMILES string of the molecule is O=C(CSc1ccc2ccccc2c1)N1CCNCC1c1ccncc1. The van der Waals surface area contributed by atoms with E-state index in [1.807, 2.05) is 29.2 Å². The van der Waals surface area contributed by atoms with Gasteiger partial charge in [-0.05, 0) is 40.6 Å². The molecule has 0 bridgehead atoms. The molecule has 0 saturated carbocycles. The Morgan fingerprint density at radius 3 is 2.77 bits per heavy atom. The molecule has 4 rings (SSSR count). The van der Waals surface area contributed by atoms with Crippen LogP contribution in [0.3, 0.4) is 0 Å². The lowest BCUT2D eigenvalue weighted by atomic mass is 10.0. The standard InChI is InChI=1S/C21H21N3OS/c25-21(15-26-19-6-5-16-3-1-2-4-18(16)13-19)24-12-11-23-14-20(24)17-7-9-22-10-8-17/h1-10,13,20,23H,11-12,14-15H2. The molecule has 1 aliphatic heterocycles. The lowest BCUT2D eigenvalue weighted by Gasteiger charge is -2.36. The molecular formula is C21H21N3OS. The van der Waals surface area contributed by atoms with Crippen molar-refractivity contribution < 1.29 is 4.79 Å². The predicted molar refractivity (Wildman–Crippen MR) is 106 cm³/mol. The number of hydrogen-bond donors (Lipinski definition) is 1. The van der Waals surface area contributed by atoms with Crippen molar-refractivity contribution in [2.45, 2.75) is 10.9 Å². The summed E-state index contributed by atoms with van der Waals surface area (Å²) in [6, 6.07) is 18.7. The topological polar surface area (TPSA) is 45.2 Å². The van der Waals surface area contributed by atoms with E-state index < -0.39 is 0 Å². The van der Waals surface area contributed by atoms with Crippen molar-refractivity contribution in [3.63, 3.8) is 0 Å². The fourth-order valence-corrected chi connectivity index (χ4v) is 4.20. The molecule has 1 fully saturated rings. The first kappa shape index (κ1) is 17.1. The Bertz CT molecular complexity index is 900. The van der Waals surface area contributed by atoms with E-state index in [1.165, 1.54) is 10.8 Å². The molecule has 26 heavy (non-hydrogen) atoms. The van der Waals surface area contributed by atoms with E-state index in [1.54, 1.807) is 24.2 Å². The van der Waals surface area contributed by atoms with Crippen LogP contribution >= 0.6 is 11.8 Å². The normalized spacial score (nSPS) is 17.4. The number of nitrogens with zero attached hydrogens (tertiary/aromatic N) is 2. The van der Waals surface area contributed by atoms with E-state index in [0.29, 0.717) is 5.75 Å². The van der Waals surface area contributed by atoms with Gasteiger partial charge in [-0.1, -0.05) is 30.3 Å². The lowest BCUT2D eigenvalue weighted by Crippen LogP contribution is -2.49. The van der Waals surface area contributed by atoms with E-state index in [0.717, 1.165) is 30.1 Å². The molecule has 2 heterocycles. The first-order chi connectivity index (χ1) is 12.8. The Balaban J connectivity index is 1.45. The van der Waals surface area contributed by atoms with Crippen molar-refractivity contribution in [1.82, 2.24) is 15.2 Å². The molecule has 1 atom stereocenters. The minimum Gasteiger partial charge on any atom is -0.332 e. The zero-order valence-electron chi connectivity index (χ0n) is 14.5. The van der Waals surface area contributed by atoms with Gasteiger partial charge in [0.15, 0.2) is 0 Å². The molecule has 1 saturated heterocycles. The van der Waals surface area contributed by atoms with Gasteiger partial charge in [0.1, 0.15) is 0 Å². The van der Waals surface area contributed by atoms with Gasteiger partial charge in [0.25, 0.3) is 0 Å². The molecule has 1 aromatic heterocycles. The number of nitrogens with one attached hydrogen (secondary N) is 1. The van der Waals surface area contributed by atoms with Crippen molar-refractivity contribution >= 4 is 28.4 Å². The maximum Gasteiger partial charge on any atom is 0.233 e. The molecule has 0 aliphatic carbocycles. The van der Waals surface area contributed by atoms with Crippen LogP contribution in [0.4, 0.5) is 0 Å². The number of carbonyl (C=O) groups excluding carboxylic acids is 1. The number of benzene rings is 2. The average Bonchev–Trinajstić information content (AvgIpc) is 2.72. The molecule has 3 aromatic rings. The summed E-state index contributed by atoms with van der Waals surface area (Å²) in [5.74, 6) is 0.645. The van der Waals surface area contributed by atoms with Gasteiger partial charge in [0.05, 0.1) is 11.8 Å². The third kappa shape index (κ3) is 3.74. The highest BCUT2D eigenvalue weighted by atomic mass is 32.2. The smallest absolute Gasteiger partial charge is 0.233 e. The zero-order chi connectivity index (χ0) is 17.8. The van der Waals surface area contributed by atoms with Crippen molar-refractivity contribution in [2.24, 2.45) is 0 Å². The monoisotopic (exact) mass is 363 g/mol. The first-order valence-corrected chi connectivity index (χ1v) is 9.81. The Labute approximate surface area is 157 Å². The fourth-order valence-electron chi connectivity index (χ4n) is 3.37. The molecular weight excluding hydrogens is 342 g/mol. The van der Waals surface area contributed by atoms with Gasteiger partial charge in [-0.15, -0.1) is 11.8 Å². The number of aromatic nitrogens is 1. The second kappa shape index (κ2) is 7.89. The Morgan fingerprint density at radius 1 is 1.12 bits per heavy atom. The van der Waals surface area contributed by atoms with Gasteiger partial charge in [0, 0.05) is 36.9 Å². The van der Waals surface area contributed by atoms with Gasteiger partial charge in [-0.2, -0.15) is 0 Å². The highest BCUT2D eigenvalue weighted by Gasteiger charge is 2.27. The largest absolute Gasteiger partial charge is 0.332 e. The number of rotatable bonds is 4. The third-order valence-corrected chi connectivity index (χ3v) is 5.72. The summed E-state index contributed by atoms with van der Waals surface area (Å²) in [4.78, 5) is 20.1. The summed E-state index contributed by atoms with van der Waals surface area (Å²) in [6.07, 6.45) is 3.58. The summed E-state index contributed by atoms with van der Waals surface area (Å²) < 4.78 is 0. The maximum atomic E-state index is 12.9. The second-order valence-corrected chi connectivity index (χ2v) is 7.43. The number of thioether (sulfide) groups is 1. The van der Waals surface area contributed by atoms with E-state index in [9.17, 15) is 4.79 Å². The molecule has 4 nitrogen and oxygen atoms in total. The highest BCUT2D eigenvalue weighted by Crippen LogP contribution is 2.26. The average molecular weight is 363 g/mol. The van der Waals surface area contributed by atoms with Crippen LogP contribution in [0, 0.1) is 0 Å². The lowest BCUT2D eigenvalue weighted by molar-refractivity contribution is -0.131. The van der Waals surface area contributed by atoms with Crippen LogP contribution < -0.4 is 5.32 Å².